The molecule has 478 valence electrons. The van der Waals surface area contributed by atoms with Crippen LogP contribution in [0.25, 0.3) is 0 Å². The van der Waals surface area contributed by atoms with Crippen molar-refractivity contribution in [2.45, 2.75) is 307 Å². The van der Waals surface area contributed by atoms with E-state index in [-0.39, 0.29) is 18.9 Å². The van der Waals surface area contributed by atoms with Gasteiger partial charge in [0.15, 0.2) is 6.29 Å². The van der Waals surface area contributed by atoms with Gasteiger partial charge in [0.1, 0.15) is 24.4 Å². The lowest BCUT2D eigenvalue weighted by atomic mass is 9.99. The molecule has 7 unspecified atom stereocenters. The summed E-state index contributed by atoms with van der Waals surface area (Å²) in [6, 6.07) is -0.859. The SMILES string of the molecule is CC/C=C\C/C=C\C/C=C\C/C=C\C/C=C\C/C=C\C/C=C\C/C=C\C/C=C\C/C=C\CCCCC(=O)NC(COC1OC(CO)C(O)C(O)C1O)C(O)/C=C/CC/C=C/CCCCCCCCCCCCCCCCCCCCCCCC. The molecule has 0 aromatic heterocycles. The van der Waals surface area contributed by atoms with Crippen LogP contribution in [0.3, 0.4) is 0 Å². The normalized spacial score (nSPS) is 19.2. The maximum absolute atomic E-state index is 13.1. The molecule has 1 amide bonds. The fraction of sp³-hybridized carbons (Fsp3) is 0.667. The molecule has 0 spiro atoms. The summed E-state index contributed by atoms with van der Waals surface area (Å²) in [6.07, 6.45) is 89.4. The number of hydrogen-bond donors (Lipinski definition) is 6. The number of rotatable bonds is 57. The van der Waals surface area contributed by atoms with Crippen LogP contribution in [0.4, 0.5) is 0 Å². The summed E-state index contributed by atoms with van der Waals surface area (Å²) in [7, 11) is 0. The Kier molecular flexibility index (Phi) is 57.8. The number of unbranched alkanes of at least 4 members (excludes halogenated alkanes) is 25. The van der Waals surface area contributed by atoms with E-state index in [1.807, 2.05) is 6.08 Å². The zero-order valence-electron chi connectivity index (χ0n) is 53.4. The fourth-order valence-electron chi connectivity index (χ4n) is 9.85. The molecule has 1 heterocycles. The average molecular weight is 1170 g/mol. The zero-order chi connectivity index (χ0) is 60.7. The number of allylic oxidation sites excluding steroid dienone is 23. The molecule has 84 heavy (non-hydrogen) atoms. The summed E-state index contributed by atoms with van der Waals surface area (Å²) in [4.78, 5) is 13.1. The number of aliphatic hydroxyl groups excluding tert-OH is 5. The van der Waals surface area contributed by atoms with E-state index >= 15 is 0 Å². The number of hydrogen-bond acceptors (Lipinski definition) is 8. The summed E-state index contributed by atoms with van der Waals surface area (Å²) in [5.74, 6) is -0.233. The van der Waals surface area contributed by atoms with E-state index < -0.39 is 49.5 Å². The molecule has 1 saturated heterocycles. The van der Waals surface area contributed by atoms with Gasteiger partial charge in [-0.05, 0) is 109 Å². The Labute approximate surface area is 514 Å². The molecule has 0 bridgehead atoms. The predicted molar refractivity (Wildman–Crippen MR) is 359 cm³/mol. The van der Waals surface area contributed by atoms with Crippen molar-refractivity contribution >= 4 is 5.91 Å². The Morgan fingerprint density at radius 2 is 0.750 bits per heavy atom. The van der Waals surface area contributed by atoms with Crippen LogP contribution in [0.15, 0.2) is 146 Å². The first-order chi connectivity index (χ1) is 41.3. The molecule has 1 aliphatic rings. The van der Waals surface area contributed by atoms with Crippen LogP contribution < -0.4 is 5.32 Å². The Balaban J connectivity index is 2.25. The third-order valence-electron chi connectivity index (χ3n) is 15.1. The highest BCUT2D eigenvalue weighted by Crippen LogP contribution is 2.23. The second kappa shape index (κ2) is 62.1. The first-order valence-corrected chi connectivity index (χ1v) is 34.1. The van der Waals surface area contributed by atoms with E-state index in [1.54, 1.807) is 6.08 Å². The molecule has 0 aromatic rings. The van der Waals surface area contributed by atoms with E-state index in [1.165, 1.54) is 141 Å². The largest absolute Gasteiger partial charge is 0.394 e. The lowest BCUT2D eigenvalue weighted by molar-refractivity contribution is -0.302. The lowest BCUT2D eigenvalue weighted by Gasteiger charge is -2.40. The molecule has 0 radical (unpaired) electrons. The minimum atomic E-state index is -1.59. The summed E-state index contributed by atoms with van der Waals surface area (Å²) < 4.78 is 11.3. The number of ether oxygens (including phenoxy) is 2. The highest BCUT2D eigenvalue weighted by Gasteiger charge is 2.44. The van der Waals surface area contributed by atoms with E-state index in [4.69, 9.17) is 9.47 Å². The Morgan fingerprint density at radius 3 is 1.14 bits per heavy atom. The summed E-state index contributed by atoms with van der Waals surface area (Å²) >= 11 is 0. The van der Waals surface area contributed by atoms with Gasteiger partial charge < -0.3 is 40.3 Å². The van der Waals surface area contributed by atoms with Gasteiger partial charge in [0, 0.05) is 6.42 Å². The van der Waals surface area contributed by atoms with Gasteiger partial charge in [0.05, 0.1) is 25.4 Å². The zero-order valence-corrected chi connectivity index (χ0v) is 53.4. The van der Waals surface area contributed by atoms with Gasteiger partial charge in [-0.25, -0.2) is 0 Å². The standard InChI is InChI=1S/C75H125NO8/c1-3-5-7-9-11-13-15-17-19-21-23-25-27-29-31-33-34-35-36-37-39-41-43-45-47-49-51-53-55-57-59-61-63-65-71(79)76-68(67-83-75-74(82)73(81)72(80)70(66-77)84-75)69(78)64-62-60-58-56-54-52-50-48-46-44-42-40-38-32-30-28-26-24-22-20-18-16-14-12-10-8-6-4-2/h5,7,11,13,17,19,23,25,29,31,34-35,37,39,43,45,49,51,54-57,62,64,68-70,72-75,77-78,80-82H,3-4,6,8-10,12,14-16,18,20-22,24,26-28,30,32-33,36,38,40-42,44,46-48,50,52-53,58-61,63,65-67H2,1-2H3,(H,76,79)/b7-5-,13-11-,19-17-,25-23-,31-29-,35-34-,39-37-,45-43-,51-49-,56-54+,57-55-,64-62+. The monoisotopic (exact) mass is 1170 g/mol. The van der Waals surface area contributed by atoms with Crippen molar-refractivity contribution in [2.75, 3.05) is 13.2 Å². The summed E-state index contributed by atoms with van der Waals surface area (Å²) in [6.45, 7) is 3.64. The fourth-order valence-corrected chi connectivity index (χ4v) is 9.85. The predicted octanol–water partition coefficient (Wildman–Crippen LogP) is 18.6. The third kappa shape index (κ3) is 50.2. The van der Waals surface area contributed by atoms with Crippen molar-refractivity contribution in [1.29, 1.82) is 0 Å². The summed E-state index contributed by atoms with van der Waals surface area (Å²) in [5, 5.41) is 54.7. The van der Waals surface area contributed by atoms with Crippen molar-refractivity contribution in [2.24, 2.45) is 0 Å². The molecule has 9 heteroatoms. The molecule has 9 nitrogen and oxygen atoms in total. The van der Waals surface area contributed by atoms with Crippen LogP contribution in [0.1, 0.15) is 264 Å². The molecule has 7 atom stereocenters. The maximum atomic E-state index is 13.1. The van der Waals surface area contributed by atoms with Crippen LogP contribution in [-0.2, 0) is 14.3 Å². The lowest BCUT2D eigenvalue weighted by Crippen LogP contribution is -2.60. The van der Waals surface area contributed by atoms with Crippen molar-refractivity contribution < 1.29 is 39.8 Å². The Bertz CT molecular complexity index is 1830. The number of amides is 1. The average Bonchev–Trinajstić information content (AvgIpc) is 3.70. The number of nitrogens with one attached hydrogen (secondary N) is 1. The molecule has 0 aliphatic carbocycles. The maximum Gasteiger partial charge on any atom is 0.220 e. The highest BCUT2D eigenvalue weighted by molar-refractivity contribution is 5.76. The van der Waals surface area contributed by atoms with Gasteiger partial charge in [-0.1, -0.05) is 295 Å². The molecule has 0 aromatic carbocycles. The topological polar surface area (TPSA) is 149 Å². The third-order valence-corrected chi connectivity index (χ3v) is 15.1. The summed E-state index contributed by atoms with van der Waals surface area (Å²) in [5.41, 5.74) is 0. The van der Waals surface area contributed by atoms with Crippen LogP contribution in [0.2, 0.25) is 0 Å². The highest BCUT2D eigenvalue weighted by atomic mass is 16.7. The van der Waals surface area contributed by atoms with Gasteiger partial charge in [-0.3, -0.25) is 4.79 Å². The van der Waals surface area contributed by atoms with Gasteiger partial charge in [-0.2, -0.15) is 0 Å². The molecular weight excluding hydrogens is 1040 g/mol. The van der Waals surface area contributed by atoms with Crippen LogP contribution in [0.5, 0.6) is 0 Å². The molecule has 1 fully saturated rings. The molecule has 1 aliphatic heterocycles. The first kappa shape index (κ1) is 78.1. The van der Waals surface area contributed by atoms with Crippen LogP contribution in [-0.4, -0.2) is 87.5 Å². The van der Waals surface area contributed by atoms with Gasteiger partial charge in [0.2, 0.25) is 5.91 Å². The van der Waals surface area contributed by atoms with E-state index in [0.717, 1.165) is 96.3 Å². The van der Waals surface area contributed by atoms with Crippen LogP contribution in [0, 0.1) is 0 Å². The second-order valence-corrected chi connectivity index (χ2v) is 22.9. The van der Waals surface area contributed by atoms with Crippen molar-refractivity contribution in [3.63, 3.8) is 0 Å². The number of carbonyl (C=O) groups is 1. The first-order valence-electron chi connectivity index (χ1n) is 34.1. The van der Waals surface area contributed by atoms with E-state index in [0.29, 0.717) is 6.42 Å². The van der Waals surface area contributed by atoms with E-state index in [2.05, 4.69) is 153 Å². The number of carbonyl (C=O) groups excluding carboxylic acids is 1. The van der Waals surface area contributed by atoms with Gasteiger partial charge in [-0.15, -0.1) is 0 Å². The van der Waals surface area contributed by atoms with Crippen molar-refractivity contribution in [1.82, 2.24) is 5.32 Å². The molecule has 0 saturated carbocycles. The minimum Gasteiger partial charge on any atom is -0.394 e. The second-order valence-electron chi connectivity index (χ2n) is 22.9. The number of aliphatic hydroxyl groups is 5. The Morgan fingerprint density at radius 1 is 0.417 bits per heavy atom. The molecule has 6 N–H and O–H groups in total. The van der Waals surface area contributed by atoms with Gasteiger partial charge >= 0.3 is 0 Å². The smallest absolute Gasteiger partial charge is 0.220 e. The Hall–Kier alpha value is -3.93. The van der Waals surface area contributed by atoms with Crippen LogP contribution >= 0.6 is 0 Å². The van der Waals surface area contributed by atoms with Crippen molar-refractivity contribution in [3.8, 4) is 0 Å². The molecular formula is C75H125NO8. The molecule has 1 rings (SSSR count). The quantitative estimate of drug-likeness (QED) is 0.0261. The minimum absolute atomic E-state index is 0.228. The van der Waals surface area contributed by atoms with Gasteiger partial charge in [0.25, 0.3) is 0 Å². The van der Waals surface area contributed by atoms with Crippen molar-refractivity contribution in [3.05, 3.63) is 146 Å². The van der Waals surface area contributed by atoms with E-state index in [9.17, 15) is 30.3 Å².